The average molecular weight is 1360 g/mol. The molecule has 0 spiro atoms. The molecule has 0 saturated carbocycles. The van der Waals surface area contributed by atoms with Crippen molar-refractivity contribution in [2.24, 2.45) is 51.3 Å². The minimum atomic E-state index is -0.0733. The van der Waals surface area contributed by atoms with Gasteiger partial charge >= 0.3 is 0 Å². The topological polar surface area (TPSA) is 147 Å². The van der Waals surface area contributed by atoms with E-state index in [1.165, 1.54) is 50.2 Å². The number of anilines is 4. The molecule has 7 rings (SSSR count). The summed E-state index contributed by atoms with van der Waals surface area (Å²) in [6, 6.07) is 52.7. The van der Waals surface area contributed by atoms with Crippen molar-refractivity contribution in [2.75, 3.05) is 21.3 Å². The highest BCUT2D eigenvalue weighted by Crippen LogP contribution is 2.35. The van der Waals surface area contributed by atoms with Gasteiger partial charge in [-0.15, -0.1) is 0 Å². The van der Waals surface area contributed by atoms with Gasteiger partial charge in [-0.3, -0.25) is 34.9 Å². The lowest BCUT2D eigenvalue weighted by Crippen LogP contribution is -2.17. The molecule has 0 heterocycles. The summed E-state index contributed by atoms with van der Waals surface area (Å²) in [6.45, 7) is 59.6. The minimum Gasteiger partial charge on any atom is -0.344 e. The highest BCUT2D eigenvalue weighted by molar-refractivity contribution is 5.98. The molecule has 0 aliphatic carbocycles. The summed E-state index contributed by atoms with van der Waals surface area (Å²) in [4.78, 5) is 37.7. The van der Waals surface area contributed by atoms with Crippen molar-refractivity contribution in [1.82, 2.24) is 0 Å². The van der Waals surface area contributed by atoms with Crippen LogP contribution in [0.2, 0.25) is 0 Å². The number of amidine groups is 4. The lowest BCUT2D eigenvalue weighted by atomic mass is 9.90. The third kappa shape index (κ3) is 33.4. The number of hydrogen-bond donors (Lipinski definition) is 4. The Morgan fingerprint density at radius 1 is 0.356 bits per heavy atom. The Balaban J connectivity index is 0.000000292. The van der Waals surface area contributed by atoms with Crippen LogP contribution in [0, 0.1) is 39.0 Å². The fraction of sp³-hybridized carbons (Fsp3) is 0.438. The zero-order valence-electron chi connectivity index (χ0n) is 67.2. The van der Waals surface area contributed by atoms with Crippen LogP contribution in [-0.2, 0) is 12.8 Å². The molecule has 0 fully saturated rings. The van der Waals surface area contributed by atoms with E-state index in [1.807, 2.05) is 88.4 Å². The van der Waals surface area contributed by atoms with Crippen LogP contribution in [0.25, 0.3) is 0 Å². The molecule has 0 atom stereocenters. The van der Waals surface area contributed by atoms with Crippen LogP contribution < -0.4 is 21.3 Å². The van der Waals surface area contributed by atoms with Crippen LogP contribution in [0.15, 0.2) is 192 Å². The zero-order valence-corrected chi connectivity index (χ0v) is 67.2. The second kappa shape index (κ2) is 41.1. The Labute approximate surface area is 611 Å². The summed E-state index contributed by atoms with van der Waals surface area (Å²) < 4.78 is 0. The second-order valence-electron chi connectivity index (χ2n) is 30.8. The first-order valence-corrected chi connectivity index (χ1v) is 36.4. The van der Waals surface area contributed by atoms with Crippen molar-refractivity contribution in [2.45, 2.75) is 249 Å². The quantitative estimate of drug-likeness (QED) is 0.0444. The summed E-state index contributed by atoms with van der Waals surface area (Å²) in [6.07, 6.45) is 3.77. The molecule has 0 amide bonds. The molecule has 0 saturated heterocycles. The zero-order chi connectivity index (χ0) is 75.3. The first kappa shape index (κ1) is 84.5. The van der Waals surface area contributed by atoms with Crippen molar-refractivity contribution in [3.63, 3.8) is 0 Å². The molecule has 7 aromatic carbocycles. The van der Waals surface area contributed by atoms with Gasteiger partial charge in [0.2, 0.25) is 0 Å². The molecule has 0 radical (unpaired) electrons. The van der Waals surface area contributed by atoms with E-state index in [1.54, 1.807) is 0 Å². The molecule has 0 unspecified atom stereocenters. The van der Waals surface area contributed by atoms with E-state index < -0.39 is 0 Å². The van der Waals surface area contributed by atoms with E-state index in [0.29, 0.717) is 23.8 Å². The molecule has 0 aromatic heterocycles. The van der Waals surface area contributed by atoms with Gasteiger partial charge in [0.05, 0.1) is 51.5 Å². The molecule has 101 heavy (non-hydrogen) atoms. The van der Waals surface area contributed by atoms with Gasteiger partial charge < -0.3 is 21.3 Å². The largest absolute Gasteiger partial charge is 0.344 e. The van der Waals surface area contributed by atoms with E-state index >= 15 is 0 Å². The Hall–Kier alpha value is -8.90. The SMILES string of the molecule is CC(CC(C)(C)C)=Nc1cccc(NC(C)=NC(C)(C)C)c1.CC(CC(C)C)=Nc1cccc(NC(C)=NC(C)C)c1.CC(Cc1c(C)cccc1C)=Nc1cccc(NC(C)=NC(C)C)c1.CC(Cc1c(C)cccc1C)=Nc1cccc(NC(C)=Nc2c(C(C)C)cccc2C(C)C)c1. The lowest BCUT2D eigenvalue weighted by Gasteiger charge is -2.17. The van der Waals surface area contributed by atoms with Crippen molar-refractivity contribution in [3.05, 3.63) is 196 Å². The number of rotatable bonds is 20. The standard InChI is InChI=1S/C31H39N3.C22H29N3.C19H31N3.C17H27N3/c1-20(2)28-16-11-17-29(21(3)4)31(28)34-25(8)33-27-15-10-14-26(19-27)32-24(7)18-30-22(5)12-9-13-23(30)6;1-15(2)23-19(6)25-21-12-8-11-20(14-21)24-18(5)13-22-16(3)9-7-10-17(22)4;1-14(13-18(3,4)5)20-16-10-9-11-17(12-16)21-15(2)22-19(6,7)8;1-12(2)10-14(5)19-16-8-7-9-17(11-16)20-15(6)18-13(3)4/h9-17,19-21H,18H2,1-8H3,(H,33,34);7-12,14-15H,13H2,1-6H3,(H,23,25);9-12H,13H2,1-8H3,(H,21,22);7-9,11-13H,10H2,1-6H3,(H,18,20). The highest BCUT2D eigenvalue weighted by atomic mass is 15.0. The molecule has 4 N–H and O–H groups in total. The predicted molar refractivity (Wildman–Crippen MR) is 451 cm³/mol. The van der Waals surface area contributed by atoms with Crippen molar-refractivity contribution in [3.8, 4) is 0 Å². The molecular weight excluding hydrogens is 1240 g/mol. The van der Waals surface area contributed by atoms with Gasteiger partial charge in [0.1, 0.15) is 5.84 Å². The fourth-order valence-electron chi connectivity index (χ4n) is 11.8. The Bertz CT molecular complexity index is 3970. The number of para-hydroxylation sites is 1. The maximum Gasteiger partial charge on any atom is 0.103 e. The minimum absolute atomic E-state index is 0.0733. The molecule has 12 nitrogen and oxygen atoms in total. The van der Waals surface area contributed by atoms with Gasteiger partial charge in [-0.05, 0) is 285 Å². The normalized spacial score (nSPS) is 13.0. The molecule has 12 heteroatoms. The summed E-state index contributed by atoms with van der Waals surface area (Å²) in [5, 5.41) is 13.5. The summed E-state index contributed by atoms with van der Waals surface area (Å²) >= 11 is 0. The molecular formula is C89H126N12. The summed E-state index contributed by atoms with van der Waals surface area (Å²) in [5.74, 6) is 5.12. The first-order valence-electron chi connectivity index (χ1n) is 36.4. The van der Waals surface area contributed by atoms with Gasteiger partial charge in [0.15, 0.2) is 0 Å². The Morgan fingerprint density at radius 3 is 0.980 bits per heavy atom. The van der Waals surface area contributed by atoms with Crippen LogP contribution >= 0.6 is 0 Å². The van der Waals surface area contributed by atoms with E-state index in [4.69, 9.17) is 20.0 Å². The number of hydrogen-bond acceptors (Lipinski definition) is 8. The van der Waals surface area contributed by atoms with Gasteiger partial charge in [-0.2, -0.15) is 0 Å². The molecule has 0 bridgehead atoms. The van der Waals surface area contributed by atoms with Crippen LogP contribution in [0.1, 0.15) is 235 Å². The molecule has 0 aliphatic rings. The van der Waals surface area contributed by atoms with Crippen LogP contribution in [-0.4, -0.2) is 63.8 Å². The summed E-state index contributed by atoms with van der Waals surface area (Å²) in [7, 11) is 0. The van der Waals surface area contributed by atoms with Gasteiger partial charge in [0, 0.05) is 70.5 Å². The van der Waals surface area contributed by atoms with Gasteiger partial charge in [0.25, 0.3) is 0 Å². The van der Waals surface area contributed by atoms with Crippen LogP contribution in [0.5, 0.6) is 0 Å². The summed E-state index contributed by atoms with van der Waals surface area (Å²) in [5.41, 5.74) is 24.4. The van der Waals surface area contributed by atoms with Crippen molar-refractivity contribution in [1.29, 1.82) is 0 Å². The molecule has 7 aromatic rings. The van der Waals surface area contributed by atoms with E-state index in [9.17, 15) is 0 Å². The van der Waals surface area contributed by atoms with Gasteiger partial charge in [-0.25, -0.2) is 4.99 Å². The van der Waals surface area contributed by atoms with Crippen LogP contribution in [0.3, 0.4) is 0 Å². The second-order valence-corrected chi connectivity index (χ2v) is 30.8. The van der Waals surface area contributed by atoms with Crippen molar-refractivity contribution >= 4 is 97.4 Å². The predicted octanol–water partition coefficient (Wildman–Crippen LogP) is 25.8. The maximum atomic E-state index is 5.03. The smallest absolute Gasteiger partial charge is 0.103 e. The van der Waals surface area contributed by atoms with E-state index in [0.717, 1.165) is 117 Å². The van der Waals surface area contributed by atoms with Crippen molar-refractivity contribution < 1.29 is 0 Å². The molecule has 542 valence electrons. The monoisotopic (exact) mass is 1360 g/mol. The van der Waals surface area contributed by atoms with Crippen LogP contribution in [0.4, 0.5) is 51.2 Å². The maximum absolute atomic E-state index is 5.03. The Morgan fingerprint density at radius 2 is 0.663 bits per heavy atom. The Kier molecular flexibility index (Phi) is 34.4. The van der Waals surface area contributed by atoms with E-state index in [-0.39, 0.29) is 17.0 Å². The fourth-order valence-corrected chi connectivity index (χ4v) is 11.8. The first-order chi connectivity index (χ1) is 47.3. The molecule has 0 aliphatic heterocycles. The lowest BCUT2D eigenvalue weighted by molar-refractivity contribution is 0.433. The average Bonchev–Trinajstić information content (AvgIpc) is 0.828. The number of aryl methyl sites for hydroxylation is 4. The highest BCUT2D eigenvalue weighted by Gasteiger charge is 2.16. The van der Waals surface area contributed by atoms with Gasteiger partial charge in [-0.1, -0.05) is 141 Å². The third-order valence-corrected chi connectivity index (χ3v) is 15.6. The number of nitrogens with one attached hydrogen (secondary N) is 4. The number of aliphatic imine (C=N–C) groups is 8. The number of nitrogens with zero attached hydrogens (tertiary/aromatic N) is 8. The number of benzene rings is 7. The van der Waals surface area contributed by atoms with E-state index in [2.05, 4.69) is 298 Å². The third-order valence-electron chi connectivity index (χ3n) is 15.6.